The third-order valence-corrected chi connectivity index (χ3v) is 2.80. The maximum absolute atomic E-state index is 12.8. The summed E-state index contributed by atoms with van der Waals surface area (Å²) in [6.45, 7) is 2.35. The van der Waals surface area contributed by atoms with Crippen LogP contribution in [-0.2, 0) is 6.54 Å². The molecule has 0 unspecified atom stereocenters. The number of rotatable bonds is 4. The molecule has 0 saturated carbocycles. The molecule has 2 rings (SSSR count). The number of hydrogen-bond donors (Lipinski definition) is 2. The first-order valence-corrected chi connectivity index (χ1v) is 5.88. The molecule has 0 bridgehead atoms. The van der Waals surface area contributed by atoms with Gasteiger partial charge in [-0.1, -0.05) is 18.2 Å². The van der Waals surface area contributed by atoms with Gasteiger partial charge in [0.15, 0.2) is 0 Å². The second kappa shape index (κ2) is 5.52. The molecule has 2 N–H and O–H groups in total. The molecular formula is C15H14FNO2. The van der Waals surface area contributed by atoms with Crippen molar-refractivity contribution in [2.75, 3.05) is 5.32 Å². The average Bonchev–Trinajstić information content (AvgIpc) is 2.38. The minimum atomic E-state index is -0.971. The van der Waals surface area contributed by atoms with E-state index < -0.39 is 5.97 Å². The number of benzene rings is 2. The van der Waals surface area contributed by atoms with Gasteiger partial charge in [0.2, 0.25) is 0 Å². The first kappa shape index (κ1) is 13.1. The lowest BCUT2D eigenvalue weighted by atomic mass is 10.1. The molecule has 0 aliphatic rings. The summed E-state index contributed by atoms with van der Waals surface area (Å²) in [5, 5.41) is 12.2. The fraction of sp³-hybridized carbons (Fsp3) is 0.133. The van der Waals surface area contributed by atoms with Crippen LogP contribution in [0.5, 0.6) is 0 Å². The van der Waals surface area contributed by atoms with Crippen LogP contribution in [0.25, 0.3) is 0 Å². The predicted octanol–water partition coefficient (Wildman–Crippen LogP) is 3.44. The number of halogens is 1. The number of carboxylic acids is 1. The third-order valence-electron chi connectivity index (χ3n) is 2.80. The Morgan fingerprint density at radius 1 is 1.21 bits per heavy atom. The lowest BCUT2D eigenvalue weighted by Gasteiger charge is -2.10. The molecule has 0 amide bonds. The normalized spacial score (nSPS) is 10.2. The minimum Gasteiger partial charge on any atom is -0.478 e. The second-order valence-electron chi connectivity index (χ2n) is 4.33. The lowest BCUT2D eigenvalue weighted by molar-refractivity contribution is 0.0698. The Morgan fingerprint density at radius 2 is 1.89 bits per heavy atom. The van der Waals surface area contributed by atoms with E-state index in [1.54, 1.807) is 30.3 Å². The molecule has 4 heteroatoms. The Kier molecular flexibility index (Phi) is 3.80. The topological polar surface area (TPSA) is 49.3 Å². The number of hydrogen-bond acceptors (Lipinski definition) is 2. The summed E-state index contributed by atoms with van der Waals surface area (Å²) in [6, 6.07) is 11.2. The van der Waals surface area contributed by atoms with Crippen LogP contribution in [-0.4, -0.2) is 11.1 Å². The molecule has 0 aliphatic heterocycles. The lowest BCUT2D eigenvalue weighted by Crippen LogP contribution is -2.06. The van der Waals surface area contributed by atoms with Crippen molar-refractivity contribution in [1.29, 1.82) is 0 Å². The molecule has 0 spiro atoms. The van der Waals surface area contributed by atoms with E-state index in [4.69, 9.17) is 5.11 Å². The van der Waals surface area contributed by atoms with Crippen molar-refractivity contribution in [2.45, 2.75) is 13.5 Å². The van der Waals surface area contributed by atoms with Gasteiger partial charge in [0.1, 0.15) is 5.82 Å². The molecule has 0 aliphatic carbocycles. The van der Waals surface area contributed by atoms with Crippen molar-refractivity contribution in [3.05, 3.63) is 65.0 Å². The number of aryl methyl sites for hydroxylation is 1. The van der Waals surface area contributed by atoms with E-state index in [-0.39, 0.29) is 11.4 Å². The number of aromatic carboxylic acids is 1. The van der Waals surface area contributed by atoms with E-state index in [0.717, 1.165) is 11.1 Å². The molecule has 19 heavy (non-hydrogen) atoms. The summed E-state index contributed by atoms with van der Waals surface area (Å²) in [6.07, 6.45) is 0. The van der Waals surface area contributed by atoms with Gasteiger partial charge < -0.3 is 10.4 Å². The van der Waals surface area contributed by atoms with E-state index in [2.05, 4.69) is 5.32 Å². The zero-order valence-corrected chi connectivity index (χ0v) is 10.5. The monoisotopic (exact) mass is 259 g/mol. The summed E-state index contributed by atoms with van der Waals surface area (Å²) < 4.78 is 12.8. The fourth-order valence-electron chi connectivity index (χ4n) is 1.79. The molecular weight excluding hydrogens is 245 g/mol. The quantitative estimate of drug-likeness (QED) is 0.884. The zero-order chi connectivity index (χ0) is 13.8. The van der Waals surface area contributed by atoms with Crippen LogP contribution < -0.4 is 5.32 Å². The maximum Gasteiger partial charge on any atom is 0.337 e. The van der Waals surface area contributed by atoms with Crippen molar-refractivity contribution in [3.8, 4) is 0 Å². The van der Waals surface area contributed by atoms with Gasteiger partial charge in [-0.15, -0.1) is 0 Å². The van der Waals surface area contributed by atoms with E-state index in [1.165, 1.54) is 12.1 Å². The molecule has 0 saturated heterocycles. The number of anilines is 1. The zero-order valence-electron chi connectivity index (χ0n) is 10.5. The molecule has 0 heterocycles. The molecule has 2 aromatic rings. The highest BCUT2D eigenvalue weighted by molar-refractivity contribution is 5.94. The predicted molar refractivity (Wildman–Crippen MR) is 71.9 cm³/mol. The molecule has 98 valence electrons. The van der Waals surface area contributed by atoms with Gasteiger partial charge in [-0.05, 0) is 42.3 Å². The van der Waals surface area contributed by atoms with Crippen LogP contribution in [0.15, 0.2) is 42.5 Å². The van der Waals surface area contributed by atoms with Crippen LogP contribution in [0.4, 0.5) is 10.1 Å². The van der Waals surface area contributed by atoms with Gasteiger partial charge in [0.05, 0.1) is 5.56 Å². The number of carboxylic acid groups (broad SMARTS) is 1. The van der Waals surface area contributed by atoms with Crippen molar-refractivity contribution in [1.82, 2.24) is 0 Å². The molecule has 3 nitrogen and oxygen atoms in total. The average molecular weight is 259 g/mol. The second-order valence-corrected chi connectivity index (χ2v) is 4.33. The van der Waals surface area contributed by atoms with Crippen LogP contribution in [0.1, 0.15) is 21.5 Å². The first-order valence-electron chi connectivity index (χ1n) is 5.88. The fourth-order valence-corrected chi connectivity index (χ4v) is 1.79. The molecule has 0 fully saturated rings. The summed E-state index contributed by atoms with van der Waals surface area (Å²) in [4.78, 5) is 11.1. The molecule has 0 radical (unpaired) electrons. The third kappa shape index (κ3) is 3.31. The standard InChI is InChI=1S/C15H14FNO2/c1-10-2-7-13(15(18)19)14(8-10)17-9-11-3-5-12(16)6-4-11/h2-8,17H,9H2,1H3,(H,18,19). The highest BCUT2D eigenvalue weighted by Gasteiger charge is 2.09. The summed E-state index contributed by atoms with van der Waals surface area (Å²) in [5.74, 6) is -1.26. The van der Waals surface area contributed by atoms with E-state index in [9.17, 15) is 9.18 Å². The summed E-state index contributed by atoms with van der Waals surface area (Å²) >= 11 is 0. The Morgan fingerprint density at radius 3 is 2.53 bits per heavy atom. The molecule has 0 atom stereocenters. The smallest absolute Gasteiger partial charge is 0.337 e. The van der Waals surface area contributed by atoms with Gasteiger partial charge in [-0.25, -0.2) is 9.18 Å². The van der Waals surface area contributed by atoms with Crippen LogP contribution in [0.3, 0.4) is 0 Å². The minimum absolute atomic E-state index is 0.229. The van der Waals surface area contributed by atoms with Crippen molar-refractivity contribution in [3.63, 3.8) is 0 Å². The van der Waals surface area contributed by atoms with Gasteiger partial charge in [-0.2, -0.15) is 0 Å². The van der Waals surface area contributed by atoms with Crippen molar-refractivity contribution >= 4 is 11.7 Å². The molecule has 0 aromatic heterocycles. The van der Waals surface area contributed by atoms with Crippen molar-refractivity contribution < 1.29 is 14.3 Å². The van der Waals surface area contributed by atoms with Gasteiger partial charge in [0, 0.05) is 12.2 Å². The Hall–Kier alpha value is -2.36. The van der Waals surface area contributed by atoms with Crippen LogP contribution >= 0.6 is 0 Å². The van der Waals surface area contributed by atoms with Gasteiger partial charge >= 0.3 is 5.97 Å². The maximum atomic E-state index is 12.8. The van der Waals surface area contributed by atoms with Crippen molar-refractivity contribution in [2.24, 2.45) is 0 Å². The first-order chi connectivity index (χ1) is 9.06. The SMILES string of the molecule is Cc1ccc(C(=O)O)c(NCc2ccc(F)cc2)c1. The van der Waals surface area contributed by atoms with Gasteiger partial charge in [-0.3, -0.25) is 0 Å². The van der Waals surface area contributed by atoms with Crippen LogP contribution in [0.2, 0.25) is 0 Å². The molecule has 2 aromatic carbocycles. The van der Waals surface area contributed by atoms with E-state index >= 15 is 0 Å². The Labute approximate surface area is 110 Å². The largest absolute Gasteiger partial charge is 0.478 e. The Bertz CT molecular complexity index is 594. The highest BCUT2D eigenvalue weighted by Crippen LogP contribution is 2.18. The van der Waals surface area contributed by atoms with E-state index in [0.29, 0.717) is 12.2 Å². The number of carbonyl (C=O) groups is 1. The highest BCUT2D eigenvalue weighted by atomic mass is 19.1. The summed E-state index contributed by atoms with van der Waals surface area (Å²) in [7, 11) is 0. The number of nitrogens with one attached hydrogen (secondary N) is 1. The summed E-state index contributed by atoms with van der Waals surface area (Å²) in [5.41, 5.74) is 2.66. The van der Waals surface area contributed by atoms with Crippen LogP contribution in [0, 0.1) is 12.7 Å². The Balaban J connectivity index is 2.16. The van der Waals surface area contributed by atoms with Gasteiger partial charge in [0.25, 0.3) is 0 Å². The van der Waals surface area contributed by atoms with E-state index in [1.807, 2.05) is 6.92 Å².